The maximum atomic E-state index is 12.1. The zero-order valence-electron chi connectivity index (χ0n) is 11.3. The highest BCUT2D eigenvalue weighted by Crippen LogP contribution is 2.27. The van der Waals surface area contributed by atoms with Crippen LogP contribution in [-0.4, -0.2) is 16.8 Å². The molecule has 0 radical (unpaired) electrons. The highest BCUT2D eigenvalue weighted by Gasteiger charge is 2.24. The van der Waals surface area contributed by atoms with Crippen molar-refractivity contribution in [2.75, 3.05) is 0 Å². The maximum Gasteiger partial charge on any atom is 0.220 e. The number of rotatable bonds is 3. The largest absolute Gasteiger partial charge is 0.352 e. The van der Waals surface area contributed by atoms with Crippen molar-refractivity contribution in [2.24, 2.45) is 5.92 Å². The number of carbonyl (C=O) groups is 1. The molecule has 0 aromatic rings. The van der Waals surface area contributed by atoms with Crippen LogP contribution < -0.4 is 5.32 Å². The van der Waals surface area contributed by atoms with Crippen molar-refractivity contribution in [3.63, 3.8) is 0 Å². The van der Waals surface area contributed by atoms with Gasteiger partial charge in [-0.25, -0.2) is 0 Å². The minimum absolute atomic E-state index is 0.290. The Kier molecular flexibility index (Phi) is 6.00. The molecule has 1 amide bonds. The second kappa shape index (κ2) is 7.52. The molecule has 0 aromatic carbocycles. The highest BCUT2D eigenvalue weighted by atomic mass is 79.9. The molecule has 2 aliphatic rings. The Bertz CT molecular complexity index is 263. The third kappa shape index (κ3) is 4.56. The van der Waals surface area contributed by atoms with Crippen LogP contribution in [0, 0.1) is 5.92 Å². The van der Waals surface area contributed by atoms with Crippen molar-refractivity contribution in [2.45, 2.75) is 81.5 Å². The van der Waals surface area contributed by atoms with Gasteiger partial charge in [-0.05, 0) is 31.6 Å². The summed E-state index contributed by atoms with van der Waals surface area (Å²) in [7, 11) is 0. The number of nitrogens with one attached hydrogen (secondary N) is 1. The Labute approximate surface area is 119 Å². The fourth-order valence-electron chi connectivity index (χ4n) is 3.34. The zero-order valence-corrected chi connectivity index (χ0v) is 12.9. The lowest BCUT2D eigenvalue weighted by atomic mass is 9.87. The van der Waals surface area contributed by atoms with E-state index < -0.39 is 0 Å². The van der Waals surface area contributed by atoms with E-state index in [9.17, 15) is 4.79 Å². The van der Waals surface area contributed by atoms with Crippen molar-refractivity contribution in [1.82, 2.24) is 5.32 Å². The standard InChI is InChI=1S/C15H26BrNO/c16-13-9-5-2-6-10-14(13)17-15(18)11-12-7-3-1-4-8-12/h12-14H,1-11H2,(H,17,18). The first-order chi connectivity index (χ1) is 8.75. The SMILES string of the molecule is O=C(CC1CCCCC1)NC1CCCCCC1Br. The van der Waals surface area contributed by atoms with Crippen molar-refractivity contribution < 1.29 is 4.79 Å². The number of hydrogen-bond donors (Lipinski definition) is 1. The summed E-state index contributed by atoms with van der Waals surface area (Å²) in [5, 5.41) is 3.27. The van der Waals surface area contributed by atoms with E-state index in [1.165, 1.54) is 57.8 Å². The molecular formula is C15H26BrNO. The summed E-state index contributed by atoms with van der Waals surface area (Å²) in [5.41, 5.74) is 0. The van der Waals surface area contributed by atoms with Gasteiger partial charge in [0.2, 0.25) is 5.91 Å². The molecule has 2 atom stereocenters. The molecule has 2 nitrogen and oxygen atoms in total. The summed E-state index contributed by atoms with van der Waals surface area (Å²) < 4.78 is 0. The molecule has 104 valence electrons. The molecule has 1 N–H and O–H groups in total. The first kappa shape index (κ1) is 14.4. The van der Waals surface area contributed by atoms with Crippen molar-refractivity contribution in [1.29, 1.82) is 0 Å². The molecule has 2 fully saturated rings. The Balaban J connectivity index is 1.74. The fraction of sp³-hybridized carbons (Fsp3) is 0.933. The second-order valence-corrected chi connectivity index (χ2v) is 7.21. The van der Waals surface area contributed by atoms with Crippen LogP contribution in [0.2, 0.25) is 0 Å². The summed E-state index contributed by atoms with van der Waals surface area (Å²) in [4.78, 5) is 12.6. The van der Waals surface area contributed by atoms with E-state index in [0.717, 1.165) is 12.8 Å². The number of hydrogen-bond acceptors (Lipinski definition) is 1. The molecule has 2 rings (SSSR count). The first-order valence-corrected chi connectivity index (χ1v) is 8.60. The van der Waals surface area contributed by atoms with E-state index in [-0.39, 0.29) is 0 Å². The Morgan fingerprint density at radius 3 is 2.28 bits per heavy atom. The van der Waals surface area contributed by atoms with Gasteiger partial charge >= 0.3 is 0 Å². The molecule has 0 aromatic heterocycles. The molecule has 0 saturated heterocycles. The van der Waals surface area contributed by atoms with Gasteiger partial charge in [-0.2, -0.15) is 0 Å². The van der Waals surface area contributed by atoms with E-state index in [2.05, 4.69) is 21.2 Å². The van der Waals surface area contributed by atoms with Crippen LogP contribution in [0.5, 0.6) is 0 Å². The second-order valence-electron chi connectivity index (χ2n) is 6.04. The monoisotopic (exact) mass is 315 g/mol. The molecule has 0 aliphatic heterocycles. The Morgan fingerprint density at radius 1 is 0.944 bits per heavy atom. The van der Waals surface area contributed by atoms with Crippen molar-refractivity contribution in [3.8, 4) is 0 Å². The third-order valence-corrected chi connectivity index (χ3v) is 5.57. The molecular weight excluding hydrogens is 290 g/mol. The van der Waals surface area contributed by atoms with Crippen LogP contribution in [-0.2, 0) is 4.79 Å². The molecule has 0 heterocycles. The van der Waals surface area contributed by atoms with Gasteiger partial charge in [-0.15, -0.1) is 0 Å². The van der Waals surface area contributed by atoms with Crippen molar-refractivity contribution in [3.05, 3.63) is 0 Å². The lowest BCUT2D eigenvalue weighted by Gasteiger charge is -2.25. The van der Waals surface area contributed by atoms with E-state index in [1.54, 1.807) is 0 Å². The van der Waals surface area contributed by atoms with Crippen LogP contribution >= 0.6 is 15.9 Å². The van der Waals surface area contributed by atoms with Crippen LogP contribution in [0.25, 0.3) is 0 Å². The van der Waals surface area contributed by atoms with Gasteiger partial charge in [0.1, 0.15) is 0 Å². The topological polar surface area (TPSA) is 29.1 Å². The van der Waals surface area contributed by atoms with E-state index >= 15 is 0 Å². The summed E-state index contributed by atoms with van der Waals surface area (Å²) in [6, 6.07) is 0.364. The molecule has 18 heavy (non-hydrogen) atoms. The lowest BCUT2D eigenvalue weighted by molar-refractivity contribution is -0.123. The summed E-state index contributed by atoms with van der Waals surface area (Å²) in [6.07, 6.45) is 13.5. The van der Waals surface area contributed by atoms with Crippen molar-refractivity contribution >= 4 is 21.8 Å². The quantitative estimate of drug-likeness (QED) is 0.614. The van der Waals surface area contributed by atoms with E-state index in [4.69, 9.17) is 0 Å². The Hall–Kier alpha value is -0.0500. The number of halogens is 1. The maximum absolute atomic E-state index is 12.1. The molecule has 3 heteroatoms. The average molecular weight is 316 g/mol. The van der Waals surface area contributed by atoms with Gasteiger partial charge in [-0.3, -0.25) is 4.79 Å². The van der Waals surface area contributed by atoms with Gasteiger partial charge in [0.15, 0.2) is 0 Å². The molecule has 0 spiro atoms. The Morgan fingerprint density at radius 2 is 1.56 bits per heavy atom. The summed E-state index contributed by atoms with van der Waals surface area (Å²) in [5.74, 6) is 0.941. The smallest absolute Gasteiger partial charge is 0.220 e. The predicted molar refractivity (Wildman–Crippen MR) is 78.9 cm³/mol. The van der Waals surface area contributed by atoms with E-state index in [1.807, 2.05) is 0 Å². The molecule has 2 saturated carbocycles. The normalized spacial score (nSPS) is 30.7. The average Bonchev–Trinajstić information content (AvgIpc) is 2.56. The first-order valence-electron chi connectivity index (χ1n) is 7.69. The van der Waals surface area contributed by atoms with Crippen LogP contribution in [0.3, 0.4) is 0 Å². The third-order valence-electron chi connectivity index (χ3n) is 4.48. The van der Waals surface area contributed by atoms with Crippen LogP contribution in [0.1, 0.15) is 70.6 Å². The van der Waals surface area contributed by atoms with Crippen LogP contribution in [0.4, 0.5) is 0 Å². The molecule has 2 unspecified atom stereocenters. The number of carbonyl (C=O) groups excluding carboxylic acids is 1. The van der Waals surface area contributed by atoms with Crippen LogP contribution in [0.15, 0.2) is 0 Å². The molecule has 2 aliphatic carbocycles. The summed E-state index contributed by atoms with van der Waals surface area (Å²) in [6.45, 7) is 0. The fourth-order valence-corrected chi connectivity index (χ4v) is 4.06. The van der Waals surface area contributed by atoms with E-state index in [0.29, 0.717) is 22.7 Å². The minimum atomic E-state index is 0.290. The van der Waals surface area contributed by atoms with Gasteiger partial charge in [0.25, 0.3) is 0 Å². The zero-order chi connectivity index (χ0) is 12.8. The minimum Gasteiger partial charge on any atom is -0.352 e. The predicted octanol–water partition coefficient (Wildman–Crippen LogP) is 4.17. The lowest BCUT2D eigenvalue weighted by Crippen LogP contribution is -2.41. The van der Waals surface area contributed by atoms with Gasteiger partial charge in [0.05, 0.1) is 0 Å². The highest BCUT2D eigenvalue weighted by molar-refractivity contribution is 9.09. The van der Waals surface area contributed by atoms with Gasteiger partial charge < -0.3 is 5.32 Å². The summed E-state index contributed by atoms with van der Waals surface area (Å²) >= 11 is 3.74. The molecule has 0 bridgehead atoms. The number of alkyl halides is 1. The number of amides is 1. The van der Waals surface area contributed by atoms with Gasteiger partial charge in [-0.1, -0.05) is 54.5 Å². The van der Waals surface area contributed by atoms with Gasteiger partial charge in [0, 0.05) is 17.3 Å².